The normalized spacial score (nSPS) is 14.3. The Bertz CT molecular complexity index is 583. The second kappa shape index (κ2) is 6.21. The van der Waals surface area contributed by atoms with Crippen molar-refractivity contribution in [3.63, 3.8) is 0 Å². The lowest BCUT2D eigenvalue weighted by Crippen LogP contribution is -2.31. The zero-order valence-electron chi connectivity index (χ0n) is 11.7. The predicted molar refractivity (Wildman–Crippen MR) is 75.3 cm³/mol. The molecule has 0 aromatic heterocycles. The van der Waals surface area contributed by atoms with Crippen molar-refractivity contribution >= 4 is 17.8 Å². The summed E-state index contributed by atoms with van der Waals surface area (Å²) in [6.45, 7) is 1.92. The molecule has 1 aliphatic rings. The highest BCUT2D eigenvalue weighted by molar-refractivity contribution is 6.21. The van der Waals surface area contributed by atoms with E-state index in [2.05, 4.69) is 0 Å². The first-order valence-electron chi connectivity index (χ1n) is 6.56. The van der Waals surface area contributed by atoms with Crippen molar-refractivity contribution in [2.45, 2.75) is 13.3 Å². The number of carbonyl (C=O) groups excluding carboxylic acids is 3. The van der Waals surface area contributed by atoms with Gasteiger partial charge in [-0.25, -0.2) is 4.79 Å². The van der Waals surface area contributed by atoms with Crippen LogP contribution >= 0.6 is 0 Å². The third kappa shape index (κ3) is 3.28. The molecule has 0 aliphatic carbocycles. The number of hydrogen-bond donors (Lipinski definition) is 1. The van der Waals surface area contributed by atoms with Gasteiger partial charge in [0.2, 0.25) is 0 Å². The summed E-state index contributed by atoms with van der Waals surface area (Å²) in [5.74, 6) is -1.14. The van der Waals surface area contributed by atoms with E-state index in [0.29, 0.717) is 23.2 Å². The number of allylic oxidation sites excluding steroid dienone is 1. The van der Waals surface area contributed by atoms with E-state index < -0.39 is 5.97 Å². The molecule has 0 atom stereocenters. The van der Waals surface area contributed by atoms with Crippen LogP contribution in [-0.2, 0) is 9.53 Å². The SMILES string of the molecule is C/C(N)=C/C(=O)OCCCN1C(=O)c2ccccc2C1=O. The van der Waals surface area contributed by atoms with Crippen LogP contribution in [0.2, 0.25) is 0 Å². The van der Waals surface area contributed by atoms with Gasteiger partial charge >= 0.3 is 5.97 Å². The highest BCUT2D eigenvalue weighted by atomic mass is 16.5. The number of nitrogens with zero attached hydrogens (tertiary/aromatic N) is 1. The standard InChI is InChI=1S/C15H16N2O4/c1-10(16)9-13(18)21-8-4-7-17-14(19)11-5-2-3-6-12(11)15(17)20/h2-3,5-6,9H,4,7-8,16H2,1H3/b10-9-. The van der Waals surface area contributed by atoms with Gasteiger partial charge in [-0.3, -0.25) is 14.5 Å². The molecule has 1 heterocycles. The molecule has 1 aromatic carbocycles. The van der Waals surface area contributed by atoms with E-state index in [1.54, 1.807) is 31.2 Å². The lowest BCUT2D eigenvalue weighted by Gasteiger charge is -2.13. The fourth-order valence-corrected chi connectivity index (χ4v) is 2.07. The monoisotopic (exact) mass is 288 g/mol. The highest BCUT2D eigenvalue weighted by Gasteiger charge is 2.34. The topological polar surface area (TPSA) is 89.7 Å². The van der Waals surface area contributed by atoms with Crippen LogP contribution in [0, 0.1) is 0 Å². The van der Waals surface area contributed by atoms with Crippen molar-refractivity contribution in [1.29, 1.82) is 0 Å². The van der Waals surface area contributed by atoms with E-state index in [1.807, 2.05) is 0 Å². The minimum Gasteiger partial charge on any atom is -0.462 e. The molecule has 0 fully saturated rings. The van der Waals surface area contributed by atoms with Crippen LogP contribution in [0.4, 0.5) is 0 Å². The third-order valence-corrected chi connectivity index (χ3v) is 2.99. The van der Waals surface area contributed by atoms with Gasteiger partial charge in [-0.05, 0) is 25.5 Å². The lowest BCUT2D eigenvalue weighted by atomic mass is 10.1. The van der Waals surface area contributed by atoms with E-state index in [4.69, 9.17) is 10.5 Å². The van der Waals surface area contributed by atoms with Crippen molar-refractivity contribution in [2.75, 3.05) is 13.2 Å². The summed E-state index contributed by atoms with van der Waals surface area (Å²) < 4.78 is 4.92. The molecular weight excluding hydrogens is 272 g/mol. The Morgan fingerprint density at radius 3 is 2.33 bits per heavy atom. The molecule has 0 radical (unpaired) electrons. The van der Waals surface area contributed by atoms with Gasteiger partial charge in [-0.1, -0.05) is 12.1 Å². The highest BCUT2D eigenvalue weighted by Crippen LogP contribution is 2.22. The molecule has 21 heavy (non-hydrogen) atoms. The minimum atomic E-state index is -0.530. The van der Waals surface area contributed by atoms with Crippen molar-refractivity contribution in [1.82, 2.24) is 4.90 Å². The van der Waals surface area contributed by atoms with Gasteiger partial charge in [0.05, 0.1) is 17.7 Å². The zero-order chi connectivity index (χ0) is 15.4. The summed E-state index contributed by atoms with van der Waals surface area (Å²) in [4.78, 5) is 36.5. The molecule has 0 spiro atoms. The van der Waals surface area contributed by atoms with E-state index >= 15 is 0 Å². The number of benzene rings is 1. The summed E-state index contributed by atoms with van der Waals surface area (Å²) in [7, 11) is 0. The van der Waals surface area contributed by atoms with Gasteiger partial charge in [0, 0.05) is 18.3 Å². The molecule has 1 aliphatic heterocycles. The summed E-state index contributed by atoms with van der Waals surface area (Å²) in [6, 6.07) is 6.70. The molecular formula is C15H16N2O4. The van der Waals surface area contributed by atoms with Crippen LogP contribution in [0.1, 0.15) is 34.1 Å². The first-order valence-corrected chi connectivity index (χ1v) is 6.56. The number of nitrogens with two attached hydrogens (primary N) is 1. The molecule has 6 heteroatoms. The van der Waals surface area contributed by atoms with Gasteiger partial charge in [-0.15, -0.1) is 0 Å². The Morgan fingerprint density at radius 2 is 1.81 bits per heavy atom. The number of hydrogen-bond acceptors (Lipinski definition) is 5. The third-order valence-electron chi connectivity index (χ3n) is 2.99. The number of esters is 1. The van der Waals surface area contributed by atoms with Crippen LogP contribution < -0.4 is 5.73 Å². The van der Waals surface area contributed by atoms with Gasteiger partial charge in [0.1, 0.15) is 0 Å². The molecule has 2 rings (SSSR count). The van der Waals surface area contributed by atoms with E-state index in [1.165, 1.54) is 11.0 Å². The summed E-state index contributed by atoms with van der Waals surface area (Å²) >= 11 is 0. The number of rotatable bonds is 5. The van der Waals surface area contributed by atoms with Crippen LogP contribution in [0.3, 0.4) is 0 Å². The van der Waals surface area contributed by atoms with Gasteiger partial charge in [0.25, 0.3) is 11.8 Å². The molecule has 0 saturated heterocycles. The fraction of sp³-hybridized carbons (Fsp3) is 0.267. The summed E-state index contributed by atoms with van der Waals surface area (Å²) in [5.41, 5.74) is 6.54. The van der Waals surface area contributed by atoms with E-state index in [-0.39, 0.29) is 25.0 Å². The number of carbonyl (C=O) groups is 3. The Morgan fingerprint density at radius 1 is 1.24 bits per heavy atom. The number of amides is 2. The van der Waals surface area contributed by atoms with Crippen LogP contribution in [0.25, 0.3) is 0 Å². The maximum atomic E-state index is 12.1. The number of ether oxygens (including phenoxy) is 1. The molecule has 110 valence electrons. The van der Waals surface area contributed by atoms with Gasteiger partial charge < -0.3 is 10.5 Å². The van der Waals surface area contributed by atoms with Gasteiger partial charge in [-0.2, -0.15) is 0 Å². The fourth-order valence-electron chi connectivity index (χ4n) is 2.07. The van der Waals surface area contributed by atoms with Crippen molar-refractivity contribution in [2.24, 2.45) is 5.73 Å². The second-order valence-electron chi connectivity index (χ2n) is 4.72. The number of fused-ring (bicyclic) bond motifs is 1. The molecule has 0 saturated carbocycles. The van der Waals surface area contributed by atoms with Crippen LogP contribution in [0.5, 0.6) is 0 Å². The first-order chi connectivity index (χ1) is 10.0. The maximum Gasteiger partial charge on any atom is 0.332 e. The van der Waals surface area contributed by atoms with Crippen LogP contribution in [0.15, 0.2) is 36.0 Å². The average molecular weight is 288 g/mol. The smallest absolute Gasteiger partial charge is 0.332 e. The average Bonchev–Trinajstić information content (AvgIpc) is 2.68. The Hall–Kier alpha value is -2.63. The molecule has 2 N–H and O–H groups in total. The Kier molecular flexibility index (Phi) is 4.37. The molecule has 1 aromatic rings. The molecule has 0 unspecified atom stereocenters. The maximum absolute atomic E-state index is 12.1. The Labute approximate surface area is 122 Å². The lowest BCUT2D eigenvalue weighted by molar-refractivity contribution is -0.137. The zero-order valence-corrected chi connectivity index (χ0v) is 11.7. The quantitative estimate of drug-likeness (QED) is 0.379. The molecule has 6 nitrogen and oxygen atoms in total. The number of imide groups is 1. The predicted octanol–water partition coefficient (Wildman–Crippen LogP) is 1.08. The van der Waals surface area contributed by atoms with Crippen molar-refractivity contribution in [3.05, 3.63) is 47.2 Å². The summed E-state index contributed by atoms with van der Waals surface area (Å²) in [5, 5.41) is 0. The molecule has 2 amide bonds. The van der Waals surface area contributed by atoms with Crippen molar-refractivity contribution in [3.8, 4) is 0 Å². The van der Waals surface area contributed by atoms with E-state index in [9.17, 15) is 14.4 Å². The second-order valence-corrected chi connectivity index (χ2v) is 4.72. The van der Waals surface area contributed by atoms with E-state index in [0.717, 1.165) is 0 Å². The largest absolute Gasteiger partial charge is 0.462 e. The van der Waals surface area contributed by atoms with Gasteiger partial charge in [0.15, 0.2) is 0 Å². The summed E-state index contributed by atoms with van der Waals surface area (Å²) in [6.07, 6.45) is 1.57. The minimum absolute atomic E-state index is 0.121. The van der Waals surface area contributed by atoms with Crippen molar-refractivity contribution < 1.29 is 19.1 Å². The van der Waals surface area contributed by atoms with Crippen LogP contribution in [-0.4, -0.2) is 35.8 Å². The molecule has 0 bridgehead atoms. The first kappa shape index (κ1) is 14.8. The Balaban J connectivity index is 1.86.